The third-order valence-corrected chi connectivity index (χ3v) is 4.53. The standard InChI is InChI=1S/C14H24N4O/c1-9(2)15-8-13-17-18-14(19-13)16-7-12-6-10-3-4-11(12)5-10/h9-12,15H,3-8H2,1-2H3,(H,16,18). The topological polar surface area (TPSA) is 63.0 Å². The Morgan fingerprint density at radius 1 is 1.26 bits per heavy atom. The molecule has 1 aromatic heterocycles. The molecule has 2 aliphatic rings. The summed E-state index contributed by atoms with van der Waals surface area (Å²) in [5.74, 6) is 3.39. The number of nitrogens with zero attached hydrogens (tertiary/aromatic N) is 2. The lowest BCUT2D eigenvalue weighted by Crippen LogP contribution is -2.22. The van der Waals surface area contributed by atoms with Crippen molar-refractivity contribution in [2.24, 2.45) is 17.8 Å². The van der Waals surface area contributed by atoms with Gasteiger partial charge in [0.15, 0.2) is 0 Å². The molecule has 2 saturated carbocycles. The Balaban J connectivity index is 1.45. The zero-order chi connectivity index (χ0) is 13.2. The van der Waals surface area contributed by atoms with Crippen LogP contribution in [0, 0.1) is 17.8 Å². The maximum Gasteiger partial charge on any atom is 0.315 e. The van der Waals surface area contributed by atoms with Gasteiger partial charge in [-0.1, -0.05) is 25.4 Å². The number of anilines is 1. The van der Waals surface area contributed by atoms with Gasteiger partial charge in [-0.2, -0.15) is 0 Å². The molecule has 0 aliphatic heterocycles. The molecule has 0 saturated heterocycles. The molecule has 2 N–H and O–H groups in total. The number of aromatic nitrogens is 2. The molecular weight excluding hydrogens is 240 g/mol. The Hall–Kier alpha value is -1.10. The first-order valence-electron chi connectivity index (χ1n) is 7.50. The van der Waals surface area contributed by atoms with Crippen molar-refractivity contribution in [2.45, 2.75) is 52.1 Å². The van der Waals surface area contributed by atoms with Crippen molar-refractivity contribution in [2.75, 3.05) is 11.9 Å². The van der Waals surface area contributed by atoms with E-state index < -0.39 is 0 Å². The highest BCUT2D eigenvalue weighted by atomic mass is 16.4. The van der Waals surface area contributed by atoms with Crippen LogP contribution in [0.25, 0.3) is 0 Å². The van der Waals surface area contributed by atoms with Crippen LogP contribution in [0.15, 0.2) is 4.42 Å². The second-order valence-corrected chi connectivity index (χ2v) is 6.35. The zero-order valence-electron chi connectivity index (χ0n) is 11.9. The van der Waals surface area contributed by atoms with Crippen LogP contribution in [0.5, 0.6) is 0 Å². The Kier molecular flexibility index (Phi) is 3.73. The molecule has 3 rings (SSSR count). The van der Waals surface area contributed by atoms with Crippen LogP contribution in [0.2, 0.25) is 0 Å². The average molecular weight is 264 g/mol. The van der Waals surface area contributed by atoms with Gasteiger partial charge in [-0.05, 0) is 37.0 Å². The molecule has 2 bridgehead atoms. The summed E-state index contributed by atoms with van der Waals surface area (Å²) in [5.41, 5.74) is 0. The summed E-state index contributed by atoms with van der Waals surface area (Å²) in [6.07, 6.45) is 5.70. The first-order chi connectivity index (χ1) is 9.20. The lowest BCUT2D eigenvalue weighted by molar-refractivity contribution is 0.345. The van der Waals surface area contributed by atoms with Crippen LogP contribution in [0.1, 0.15) is 45.4 Å². The molecule has 19 heavy (non-hydrogen) atoms. The van der Waals surface area contributed by atoms with E-state index in [9.17, 15) is 0 Å². The van der Waals surface area contributed by atoms with Crippen LogP contribution >= 0.6 is 0 Å². The molecule has 106 valence electrons. The highest BCUT2D eigenvalue weighted by Gasteiger charge is 2.39. The van der Waals surface area contributed by atoms with Gasteiger partial charge in [0.25, 0.3) is 0 Å². The van der Waals surface area contributed by atoms with Crippen LogP contribution in [-0.2, 0) is 6.54 Å². The molecule has 1 aromatic rings. The van der Waals surface area contributed by atoms with E-state index in [0.29, 0.717) is 24.5 Å². The summed E-state index contributed by atoms with van der Waals surface area (Å²) in [7, 11) is 0. The van der Waals surface area contributed by atoms with Gasteiger partial charge in [-0.15, -0.1) is 5.10 Å². The molecule has 3 unspecified atom stereocenters. The summed E-state index contributed by atoms with van der Waals surface area (Å²) >= 11 is 0. The van der Waals surface area contributed by atoms with Gasteiger partial charge in [-0.25, -0.2) is 0 Å². The first-order valence-corrected chi connectivity index (χ1v) is 7.50. The van der Waals surface area contributed by atoms with Crippen molar-refractivity contribution in [3.8, 4) is 0 Å². The van der Waals surface area contributed by atoms with Gasteiger partial charge in [0.05, 0.1) is 6.54 Å². The molecule has 0 radical (unpaired) electrons. The molecule has 2 fully saturated rings. The van der Waals surface area contributed by atoms with Crippen molar-refractivity contribution in [1.29, 1.82) is 0 Å². The number of fused-ring (bicyclic) bond motifs is 2. The van der Waals surface area contributed by atoms with E-state index in [1.807, 2.05) is 0 Å². The second-order valence-electron chi connectivity index (χ2n) is 6.35. The minimum absolute atomic E-state index is 0.428. The van der Waals surface area contributed by atoms with E-state index >= 15 is 0 Å². The van der Waals surface area contributed by atoms with Gasteiger partial charge in [0.1, 0.15) is 0 Å². The fourth-order valence-corrected chi connectivity index (χ4v) is 3.53. The minimum Gasteiger partial charge on any atom is -0.407 e. The molecule has 0 amide bonds. The maximum atomic E-state index is 5.58. The summed E-state index contributed by atoms with van der Waals surface area (Å²) < 4.78 is 5.58. The molecule has 5 nitrogen and oxygen atoms in total. The van der Waals surface area contributed by atoms with E-state index in [1.54, 1.807) is 0 Å². The summed E-state index contributed by atoms with van der Waals surface area (Å²) in [5, 5.41) is 14.7. The van der Waals surface area contributed by atoms with E-state index in [4.69, 9.17) is 4.42 Å². The molecule has 1 heterocycles. The van der Waals surface area contributed by atoms with Gasteiger partial charge in [-0.3, -0.25) is 0 Å². The third-order valence-electron chi connectivity index (χ3n) is 4.53. The maximum absolute atomic E-state index is 5.58. The average Bonchev–Trinajstić information content (AvgIpc) is 3.10. The second kappa shape index (κ2) is 5.49. The molecular formula is C14H24N4O. The smallest absolute Gasteiger partial charge is 0.315 e. The van der Waals surface area contributed by atoms with Crippen LogP contribution in [0.3, 0.4) is 0 Å². The molecule has 3 atom stereocenters. The first kappa shape index (κ1) is 12.9. The summed E-state index contributed by atoms with van der Waals surface area (Å²) in [6.45, 7) is 5.83. The number of nitrogens with one attached hydrogen (secondary N) is 2. The SMILES string of the molecule is CC(C)NCc1nnc(NCC2CC3CCC2C3)o1. The number of rotatable bonds is 6. The molecule has 2 aliphatic carbocycles. The van der Waals surface area contributed by atoms with Crippen molar-refractivity contribution < 1.29 is 4.42 Å². The van der Waals surface area contributed by atoms with Crippen LogP contribution in [-0.4, -0.2) is 22.8 Å². The molecule has 5 heteroatoms. The fraction of sp³-hybridized carbons (Fsp3) is 0.857. The van der Waals surface area contributed by atoms with Gasteiger partial charge in [0, 0.05) is 12.6 Å². The normalized spacial score (nSPS) is 29.3. The van der Waals surface area contributed by atoms with Crippen molar-refractivity contribution in [3.05, 3.63) is 5.89 Å². The van der Waals surface area contributed by atoms with Crippen molar-refractivity contribution in [1.82, 2.24) is 15.5 Å². The predicted octanol–water partition coefficient (Wildman–Crippen LogP) is 2.42. The van der Waals surface area contributed by atoms with E-state index in [1.165, 1.54) is 25.7 Å². The van der Waals surface area contributed by atoms with Gasteiger partial charge < -0.3 is 15.1 Å². The van der Waals surface area contributed by atoms with E-state index in [2.05, 4.69) is 34.7 Å². The van der Waals surface area contributed by atoms with Gasteiger partial charge >= 0.3 is 6.01 Å². The van der Waals surface area contributed by atoms with Crippen LogP contribution < -0.4 is 10.6 Å². The number of hydrogen-bond donors (Lipinski definition) is 2. The lowest BCUT2D eigenvalue weighted by Gasteiger charge is -2.21. The van der Waals surface area contributed by atoms with Gasteiger partial charge in [0.2, 0.25) is 5.89 Å². The highest BCUT2D eigenvalue weighted by Crippen LogP contribution is 2.48. The Morgan fingerprint density at radius 2 is 2.16 bits per heavy atom. The Morgan fingerprint density at radius 3 is 2.84 bits per heavy atom. The summed E-state index contributed by atoms with van der Waals surface area (Å²) in [4.78, 5) is 0. The molecule has 0 aromatic carbocycles. The Labute approximate surface area is 114 Å². The fourth-order valence-electron chi connectivity index (χ4n) is 3.53. The van der Waals surface area contributed by atoms with E-state index in [-0.39, 0.29) is 0 Å². The minimum atomic E-state index is 0.428. The Bertz CT molecular complexity index is 417. The predicted molar refractivity (Wildman–Crippen MR) is 73.7 cm³/mol. The van der Waals surface area contributed by atoms with Crippen molar-refractivity contribution in [3.63, 3.8) is 0 Å². The quantitative estimate of drug-likeness (QED) is 0.826. The lowest BCUT2D eigenvalue weighted by atomic mass is 9.89. The largest absolute Gasteiger partial charge is 0.407 e. The monoisotopic (exact) mass is 264 g/mol. The van der Waals surface area contributed by atoms with Crippen molar-refractivity contribution >= 4 is 6.01 Å². The zero-order valence-corrected chi connectivity index (χ0v) is 11.9. The van der Waals surface area contributed by atoms with Crippen LogP contribution in [0.4, 0.5) is 6.01 Å². The van der Waals surface area contributed by atoms with E-state index in [0.717, 1.165) is 24.3 Å². The third kappa shape index (κ3) is 3.08. The molecule has 0 spiro atoms. The number of hydrogen-bond acceptors (Lipinski definition) is 5. The summed E-state index contributed by atoms with van der Waals surface area (Å²) in [6, 6.07) is 1.00. The highest BCUT2D eigenvalue weighted by molar-refractivity contribution is 5.17.